The Morgan fingerprint density at radius 2 is 2.12 bits per heavy atom. The second-order valence-corrected chi connectivity index (χ2v) is 5.51. The van der Waals surface area contributed by atoms with Gasteiger partial charge in [-0.05, 0) is 50.6 Å². The summed E-state index contributed by atoms with van der Waals surface area (Å²) in [6.45, 7) is 3.02. The third-order valence-corrected chi connectivity index (χ3v) is 4.24. The molecule has 2 fully saturated rings. The van der Waals surface area contributed by atoms with Crippen LogP contribution in [0.2, 0.25) is 0 Å². The highest BCUT2D eigenvalue weighted by Gasteiger charge is 2.50. The van der Waals surface area contributed by atoms with Gasteiger partial charge in [0.1, 0.15) is 0 Å². The molecule has 16 heavy (non-hydrogen) atoms. The Balaban J connectivity index is 1.64. The first-order valence-corrected chi connectivity index (χ1v) is 6.43. The summed E-state index contributed by atoms with van der Waals surface area (Å²) in [6.07, 6.45) is 5.36. The molecule has 1 heterocycles. The van der Waals surface area contributed by atoms with E-state index in [4.69, 9.17) is 10.8 Å². The van der Waals surface area contributed by atoms with Crippen LogP contribution in [0.25, 0.3) is 0 Å². The summed E-state index contributed by atoms with van der Waals surface area (Å²) in [5.74, 6) is 0. The minimum absolute atomic E-state index is 0.0751. The van der Waals surface area contributed by atoms with Crippen molar-refractivity contribution in [2.75, 3.05) is 26.2 Å². The third-order valence-electron chi connectivity index (χ3n) is 4.24. The van der Waals surface area contributed by atoms with E-state index in [0.717, 1.165) is 38.9 Å². The molecule has 2 aliphatic rings. The minimum atomic E-state index is -0.118. The van der Waals surface area contributed by atoms with Crippen LogP contribution in [-0.4, -0.2) is 53.5 Å². The van der Waals surface area contributed by atoms with Crippen molar-refractivity contribution in [1.29, 1.82) is 0 Å². The molecular weight excluding hydrogens is 204 g/mol. The van der Waals surface area contributed by atoms with Gasteiger partial charge >= 0.3 is 0 Å². The molecule has 2 rings (SSSR count). The van der Waals surface area contributed by atoms with Crippen LogP contribution in [0.15, 0.2) is 0 Å². The lowest BCUT2D eigenvalue weighted by Crippen LogP contribution is -2.45. The molecule has 94 valence electrons. The van der Waals surface area contributed by atoms with Gasteiger partial charge in [0.15, 0.2) is 0 Å². The maximum Gasteiger partial charge on any atom is 0.0723 e. The van der Waals surface area contributed by atoms with E-state index in [2.05, 4.69) is 4.90 Å². The normalized spacial score (nSPS) is 30.6. The number of hydrogen-bond acceptors (Lipinski definition) is 4. The van der Waals surface area contributed by atoms with Crippen LogP contribution < -0.4 is 5.73 Å². The number of rotatable bonds is 5. The number of nitrogens with zero attached hydrogens (tertiary/aromatic N) is 1. The fourth-order valence-corrected chi connectivity index (χ4v) is 2.69. The summed E-state index contributed by atoms with van der Waals surface area (Å²) in [5, 5.41) is 18.8. The molecule has 1 aliphatic heterocycles. The quantitative estimate of drug-likeness (QED) is 0.616. The summed E-state index contributed by atoms with van der Waals surface area (Å²) in [4.78, 5) is 2.33. The molecule has 1 spiro atoms. The molecule has 0 unspecified atom stereocenters. The first kappa shape index (κ1) is 12.3. The van der Waals surface area contributed by atoms with Crippen molar-refractivity contribution in [3.05, 3.63) is 0 Å². The van der Waals surface area contributed by atoms with Gasteiger partial charge in [-0.25, -0.2) is 0 Å². The highest BCUT2D eigenvalue weighted by atomic mass is 16.3. The van der Waals surface area contributed by atoms with Crippen molar-refractivity contribution in [1.82, 2.24) is 4.90 Å². The summed E-state index contributed by atoms with van der Waals surface area (Å²) in [7, 11) is 0. The Kier molecular flexibility index (Phi) is 3.85. The number of hydrogen-bond donors (Lipinski definition) is 3. The summed E-state index contributed by atoms with van der Waals surface area (Å²) < 4.78 is 0. The average molecular weight is 228 g/mol. The lowest BCUT2D eigenvalue weighted by Gasteiger charge is -2.36. The lowest BCUT2D eigenvalue weighted by molar-refractivity contribution is 0.00786. The minimum Gasteiger partial charge on any atom is -0.395 e. The van der Waals surface area contributed by atoms with E-state index in [1.54, 1.807) is 0 Å². The Morgan fingerprint density at radius 1 is 1.38 bits per heavy atom. The first-order valence-electron chi connectivity index (χ1n) is 6.43. The molecule has 1 saturated heterocycles. The summed E-state index contributed by atoms with van der Waals surface area (Å²) >= 11 is 0. The van der Waals surface area contributed by atoms with Gasteiger partial charge < -0.3 is 20.8 Å². The second-order valence-electron chi connectivity index (χ2n) is 5.51. The molecule has 0 bridgehead atoms. The zero-order valence-electron chi connectivity index (χ0n) is 9.94. The fraction of sp³-hybridized carbons (Fsp3) is 1.00. The van der Waals surface area contributed by atoms with Crippen molar-refractivity contribution in [2.24, 2.45) is 11.1 Å². The highest BCUT2D eigenvalue weighted by Crippen LogP contribution is 2.53. The number of likely N-dealkylation sites (tertiary alicyclic amines) is 1. The van der Waals surface area contributed by atoms with E-state index in [0.29, 0.717) is 5.41 Å². The molecule has 1 saturated carbocycles. The van der Waals surface area contributed by atoms with Gasteiger partial charge in [-0.3, -0.25) is 0 Å². The van der Waals surface area contributed by atoms with Crippen LogP contribution in [0.4, 0.5) is 0 Å². The van der Waals surface area contributed by atoms with Crippen molar-refractivity contribution >= 4 is 0 Å². The predicted molar refractivity (Wildman–Crippen MR) is 63.0 cm³/mol. The lowest BCUT2D eigenvalue weighted by atomic mass is 9.90. The largest absolute Gasteiger partial charge is 0.395 e. The predicted octanol–water partition coefficient (Wildman–Crippen LogP) is -0.0670. The molecule has 2 atom stereocenters. The van der Waals surface area contributed by atoms with Gasteiger partial charge in [0.25, 0.3) is 0 Å². The van der Waals surface area contributed by atoms with E-state index in [1.807, 2.05) is 0 Å². The molecule has 4 nitrogen and oxygen atoms in total. The fourth-order valence-electron chi connectivity index (χ4n) is 2.69. The zero-order valence-corrected chi connectivity index (χ0v) is 9.94. The summed E-state index contributed by atoms with van der Waals surface area (Å²) in [5.41, 5.74) is 5.95. The van der Waals surface area contributed by atoms with Crippen molar-refractivity contribution in [3.63, 3.8) is 0 Å². The number of aliphatic hydroxyl groups is 2. The smallest absolute Gasteiger partial charge is 0.0723 e. The average Bonchev–Trinajstić information content (AvgIpc) is 3.05. The van der Waals surface area contributed by atoms with Crippen molar-refractivity contribution in [2.45, 2.75) is 44.2 Å². The molecule has 0 aromatic heterocycles. The molecular formula is C12H24N2O2. The highest BCUT2D eigenvalue weighted by molar-refractivity contribution is 5.02. The van der Waals surface area contributed by atoms with Gasteiger partial charge in [0.05, 0.1) is 12.7 Å². The molecule has 0 aromatic rings. The number of aliphatic hydroxyl groups excluding tert-OH is 2. The molecule has 4 N–H and O–H groups in total. The topological polar surface area (TPSA) is 69.7 Å². The maximum atomic E-state index is 10.0. The molecule has 0 amide bonds. The molecule has 1 aliphatic carbocycles. The monoisotopic (exact) mass is 228 g/mol. The molecule has 0 aromatic carbocycles. The van der Waals surface area contributed by atoms with Crippen LogP contribution in [-0.2, 0) is 0 Å². The van der Waals surface area contributed by atoms with E-state index in [9.17, 15) is 5.11 Å². The van der Waals surface area contributed by atoms with Gasteiger partial charge in [0.2, 0.25) is 0 Å². The second kappa shape index (κ2) is 5.00. The number of nitrogens with two attached hydrogens (primary N) is 1. The van der Waals surface area contributed by atoms with Crippen LogP contribution in [0.5, 0.6) is 0 Å². The van der Waals surface area contributed by atoms with E-state index in [1.165, 1.54) is 12.8 Å². The third kappa shape index (κ3) is 2.74. The van der Waals surface area contributed by atoms with E-state index >= 15 is 0 Å². The zero-order chi connectivity index (χ0) is 11.6. The van der Waals surface area contributed by atoms with Gasteiger partial charge in [-0.2, -0.15) is 0 Å². The Bertz CT molecular complexity index is 231. The summed E-state index contributed by atoms with van der Waals surface area (Å²) in [6, 6.07) is -0.0792. The van der Waals surface area contributed by atoms with Crippen molar-refractivity contribution < 1.29 is 10.2 Å². The van der Waals surface area contributed by atoms with E-state index in [-0.39, 0.29) is 18.8 Å². The Labute approximate surface area is 97.4 Å². The number of piperidine rings is 1. The first-order chi connectivity index (χ1) is 7.66. The maximum absolute atomic E-state index is 10.0. The van der Waals surface area contributed by atoms with E-state index < -0.39 is 0 Å². The van der Waals surface area contributed by atoms with Gasteiger partial charge in [-0.15, -0.1) is 0 Å². The standard InChI is InChI=1S/C12H24N2O2/c13-10(9-15)2-1-6-14-7-5-12(3-4-12)11(16)8-14/h10-11,15-16H,1-9,13H2/t10-,11+/m0/s1. The Morgan fingerprint density at radius 3 is 2.69 bits per heavy atom. The van der Waals surface area contributed by atoms with Crippen LogP contribution >= 0.6 is 0 Å². The van der Waals surface area contributed by atoms with Gasteiger partial charge in [0, 0.05) is 12.6 Å². The van der Waals surface area contributed by atoms with Crippen LogP contribution in [0, 0.1) is 5.41 Å². The van der Waals surface area contributed by atoms with Crippen molar-refractivity contribution in [3.8, 4) is 0 Å². The Hall–Kier alpha value is -0.160. The number of β-amino-alcohol motifs (C(OH)–C–C–N with tert-alkyl or cyclic N) is 1. The molecule has 4 heteroatoms. The molecule has 0 radical (unpaired) electrons. The van der Waals surface area contributed by atoms with Crippen LogP contribution in [0.1, 0.15) is 32.1 Å². The van der Waals surface area contributed by atoms with Crippen LogP contribution in [0.3, 0.4) is 0 Å². The SMILES string of the molecule is N[C@H](CO)CCCN1CCC2(CC2)[C@H](O)C1. The van der Waals surface area contributed by atoms with Gasteiger partial charge in [-0.1, -0.05) is 0 Å².